The third-order valence-corrected chi connectivity index (χ3v) is 4.81. The highest BCUT2D eigenvalue weighted by molar-refractivity contribution is 5.92. The maximum atomic E-state index is 12.5. The molecule has 0 bridgehead atoms. The number of likely N-dealkylation sites (N-methyl/N-ethyl adjacent to an activating group) is 1. The van der Waals surface area contributed by atoms with Crippen LogP contribution in [0.25, 0.3) is 0 Å². The molecule has 8 heteroatoms. The van der Waals surface area contributed by atoms with Crippen molar-refractivity contribution < 1.29 is 14.1 Å². The fourth-order valence-electron chi connectivity index (χ4n) is 3.28. The first-order valence-electron chi connectivity index (χ1n) is 8.05. The van der Waals surface area contributed by atoms with E-state index >= 15 is 0 Å². The molecule has 1 aliphatic heterocycles. The van der Waals surface area contributed by atoms with Crippen molar-refractivity contribution in [2.45, 2.75) is 37.3 Å². The van der Waals surface area contributed by atoms with Gasteiger partial charge in [0.25, 0.3) is 5.91 Å². The summed E-state index contributed by atoms with van der Waals surface area (Å²) in [7, 11) is 3.56. The molecule has 2 atom stereocenters. The van der Waals surface area contributed by atoms with E-state index in [1.165, 1.54) is 0 Å². The molecule has 1 saturated carbocycles. The first-order valence-corrected chi connectivity index (χ1v) is 8.05. The van der Waals surface area contributed by atoms with Crippen molar-refractivity contribution in [1.29, 1.82) is 0 Å². The van der Waals surface area contributed by atoms with Gasteiger partial charge in [0.1, 0.15) is 0 Å². The molecule has 1 N–H and O–H groups in total. The van der Waals surface area contributed by atoms with Crippen LogP contribution in [0.3, 0.4) is 0 Å². The topological polar surface area (TPSA) is 93.3 Å². The quantitative estimate of drug-likeness (QED) is 0.903. The van der Waals surface area contributed by atoms with Crippen LogP contribution in [0.15, 0.2) is 22.9 Å². The molecule has 0 radical (unpaired) electrons. The number of rotatable bonds is 4. The number of hydrogen-bond acceptors (Lipinski definition) is 5. The molecule has 0 unspecified atom stereocenters. The smallest absolute Gasteiger partial charge is 0.290 e. The van der Waals surface area contributed by atoms with Gasteiger partial charge >= 0.3 is 0 Å². The van der Waals surface area contributed by atoms with Gasteiger partial charge in [-0.2, -0.15) is 5.10 Å². The molecule has 2 aromatic heterocycles. The molecule has 24 heavy (non-hydrogen) atoms. The zero-order valence-corrected chi connectivity index (χ0v) is 13.6. The Labute approximate surface area is 138 Å². The van der Waals surface area contributed by atoms with E-state index < -0.39 is 0 Å². The summed E-state index contributed by atoms with van der Waals surface area (Å²) in [4.78, 5) is 26.3. The summed E-state index contributed by atoms with van der Waals surface area (Å²) in [5.74, 6) is 0.275. The highest BCUT2D eigenvalue weighted by atomic mass is 16.5. The Morgan fingerprint density at radius 3 is 2.83 bits per heavy atom. The van der Waals surface area contributed by atoms with Crippen molar-refractivity contribution in [2.75, 3.05) is 7.05 Å². The largest absolute Gasteiger partial charge is 0.351 e. The van der Waals surface area contributed by atoms with Gasteiger partial charge in [-0.05, 0) is 18.9 Å². The summed E-state index contributed by atoms with van der Waals surface area (Å²) in [6, 6.07) is 2.98. The fraction of sp³-hybridized carbons (Fsp3) is 0.500. The molecule has 4 rings (SSSR count). The van der Waals surface area contributed by atoms with E-state index in [0.29, 0.717) is 5.92 Å². The van der Waals surface area contributed by atoms with Crippen molar-refractivity contribution in [2.24, 2.45) is 7.05 Å². The number of nitrogens with one attached hydrogen (secondary N) is 1. The number of aromatic nitrogens is 3. The highest BCUT2D eigenvalue weighted by Crippen LogP contribution is 2.39. The van der Waals surface area contributed by atoms with E-state index in [9.17, 15) is 9.59 Å². The molecule has 8 nitrogen and oxygen atoms in total. The van der Waals surface area contributed by atoms with E-state index in [4.69, 9.17) is 4.52 Å². The van der Waals surface area contributed by atoms with Crippen LogP contribution in [0.2, 0.25) is 0 Å². The summed E-state index contributed by atoms with van der Waals surface area (Å²) >= 11 is 0. The van der Waals surface area contributed by atoms with Crippen LogP contribution in [-0.2, 0) is 11.8 Å². The van der Waals surface area contributed by atoms with Gasteiger partial charge in [-0.1, -0.05) is 5.16 Å². The molecule has 3 heterocycles. The summed E-state index contributed by atoms with van der Waals surface area (Å²) < 4.78 is 6.88. The third-order valence-electron chi connectivity index (χ3n) is 4.81. The SMILES string of the molecule is CN1C(=O)C[C@@H](NC(=O)c2cc(C3CC3)no2)[C@@H]1c1ccnn1C. The Balaban J connectivity index is 1.54. The van der Waals surface area contributed by atoms with Gasteiger partial charge in [0, 0.05) is 38.7 Å². The Bertz CT molecular complexity index is 791. The minimum absolute atomic E-state index is 0.0114. The van der Waals surface area contributed by atoms with E-state index in [0.717, 1.165) is 24.2 Å². The van der Waals surface area contributed by atoms with Crippen molar-refractivity contribution in [3.63, 3.8) is 0 Å². The molecular formula is C16H19N5O3. The van der Waals surface area contributed by atoms with E-state index in [-0.39, 0.29) is 36.1 Å². The summed E-state index contributed by atoms with van der Waals surface area (Å²) in [6.45, 7) is 0. The Hall–Kier alpha value is -2.64. The van der Waals surface area contributed by atoms with Gasteiger partial charge < -0.3 is 14.7 Å². The van der Waals surface area contributed by atoms with Crippen LogP contribution < -0.4 is 5.32 Å². The number of nitrogens with zero attached hydrogens (tertiary/aromatic N) is 4. The lowest BCUT2D eigenvalue weighted by atomic mass is 10.1. The van der Waals surface area contributed by atoms with Gasteiger partial charge in [-0.3, -0.25) is 14.3 Å². The van der Waals surface area contributed by atoms with Gasteiger partial charge in [-0.15, -0.1) is 0 Å². The lowest BCUT2D eigenvalue weighted by Crippen LogP contribution is -2.39. The van der Waals surface area contributed by atoms with E-state index in [1.807, 2.05) is 13.1 Å². The van der Waals surface area contributed by atoms with Crippen molar-refractivity contribution in [1.82, 2.24) is 25.2 Å². The average molecular weight is 329 g/mol. The first-order chi connectivity index (χ1) is 11.5. The lowest BCUT2D eigenvalue weighted by molar-refractivity contribution is -0.127. The van der Waals surface area contributed by atoms with E-state index in [2.05, 4.69) is 15.6 Å². The zero-order valence-electron chi connectivity index (χ0n) is 13.6. The monoisotopic (exact) mass is 329 g/mol. The molecule has 1 saturated heterocycles. The Kier molecular flexibility index (Phi) is 3.40. The number of hydrogen-bond donors (Lipinski definition) is 1. The summed E-state index contributed by atoms with van der Waals surface area (Å²) in [6.07, 6.45) is 4.13. The van der Waals surface area contributed by atoms with Crippen LogP contribution in [0.1, 0.15) is 53.2 Å². The summed E-state index contributed by atoms with van der Waals surface area (Å²) in [5, 5.41) is 11.0. The number of carbonyl (C=O) groups is 2. The second-order valence-electron chi connectivity index (χ2n) is 6.50. The van der Waals surface area contributed by atoms with Crippen LogP contribution in [-0.4, -0.2) is 44.7 Å². The second-order valence-corrected chi connectivity index (χ2v) is 6.50. The molecule has 0 aromatic carbocycles. The van der Waals surface area contributed by atoms with Crippen molar-refractivity contribution in [3.05, 3.63) is 35.5 Å². The molecule has 126 valence electrons. The maximum Gasteiger partial charge on any atom is 0.290 e. The third kappa shape index (κ3) is 2.47. The molecule has 1 aliphatic carbocycles. The number of likely N-dealkylation sites (tertiary alicyclic amines) is 1. The summed E-state index contributed by atoms with van der Waals surface area (Å²) in [5.41, 5.74) is 1.72. The van der Waals surface area contributed by atoms with Crippen LogP contribution in [0.5, 0.6) is 0 Å². The maximum absolute atomic E-state index is 12.5. The van der Waals surface area contributed by atoms with Crippen LogP contribution in [0.4, 0.5) is 0 Å². The fourth-order valence-corrected chi connectivity index (χ4v) is 3.28. The van der Waals surface area contributed by atoms with Crippen LogP contribution >= 0.6 is 0 Å². The molecule has 2 fully saturated rings. The zero-order chi connectivity index (χ0) is 16.8. The van der Waals surface area contributed by atoms with Crippen molar-refractivity contribution >= 4 is 11.8 Å². The predicted molar refractivity (Wildman–Crippen MR) is 83.1 cm³/mol. The van der Waals surface area contributed by atoms with Gasteiger partial charge in [0.15, 0.2) is 0 Å². The molecule has 2 amide bonds. The number of aryl methyl sites for hydroxylation is 1. The Morgan fingerprint density at radius 1 is 1.38 bits per heavy atom. The average Bonchev–Trinajstić information content (AvgIpc) is 3.02. The normalized spacial score (nSPS) is 23.8. The predicted octanol–water partition coefficient (Wildman–Crippen LogP) is 0.987. The van der Waals surface area contributed by atoms with Crippen molar-refractivity contribution in [3.8, 4) is 0 Å². The first kappa shape index (κ1) is 14.9. The van der Waals surface area contributed by atoms with Crippen LogP contribution in [0, 0.1) is 0 Å². The second kappa shape index (κ2) is 5.47. The van der Waals surface area contributed by atoms with E-state index in [1.54, 1.807) is 28.9 Å². The molecule has 2 aromatic rings. The van der Waals surface area contributed by atoms with Gasteiger partial charge in [0.05, 0.1) is 23.5 Å². The minimum atomic E-state index is -0.338. The standard InChI is InChI=1S/C16H19N5O3/c1-20-14(22)8-11(15(20)12-5-6-17-21(12)2)18-16(23)13-7-10(19-24-13)9-3-4-9/h5-7,9,11,15H,3-4,8H2,1-2H3,(H,18,23)/t11-,15-/m1/s1. The van der Waals surface area contributed by atoms with Gasteiger partial charge in [0.2, 0.25) is 11.7 Å². The lowest BCUT2D eigenvalue weighted by Gasteiger charge is -2.25. The number of carbonyl (C=O) groups excluding carboxylic acids is 2. The molecule has 0 spiro atoms. The molecule has 2 aliphatic rings. The van der Waals surface area contributed by atoms with Gasteiger partial charge in [-0.25, -0.2) is 0 Å². The number of amides is 2. The molecular weight excluding hydrogens is 310 g/mol. The Morgan fingerprint density at radius 2 is 2.17 bits per heavy atom. The highest BCUT2D eigenvalue weighted by Gasteiger charge is 2.41. The minimum Gasteiger partial charge on any atom is -0.351 e.